The molecule has 0 aliphatic carbocycles. The highest BCUT2D eigenvalue weighted by Crippen LogP contribution is 2.33. The van der Waals surface area contributed by atoms with Gasteiger partial charge in [-0.25, -0.2) is 4.79 Å². The Bertz CT molecular complexity index is 436. The average Bonchev–Trinajstić information content (AvgIpc) is 2.61. The molecule has 1 N–H and O–H groups in total. The molecule has 0 fully saturated rings. The SMILES string of the molecule is CCCc1cc2cc(C(=O)O)sc2s1. The maximum absolute atomic E-state index is 10.7. The molecule has 0 bridgehead atoms. The first-order valence-electron chi connectivity index (χ1n) is 4.46. The summed E-state index contributed by atoms with van der Waals surface area (Å²) in [6.45, 7) is 2.15. The largest absolute Gasteiger partial charge is 0.477 e. The Hall–Kier alpha value is -0.870. The second kappa shape index (κ2) is 3.71. The van der Waals surface area contributed by atoms with E-state index < -0.39 is 5.97 Å². The summed E-state index contributed by atoms with van der Waals surface area (Å²) in [5.41, 5.74) is 0. The number of thiophene rings is 2. The highest BCUT2D eigenvalue weighted by atomic mass is 32.2. The molecule has 74 valence electrons. The van der Waals surface area contributed by atoms with E-state index in [0.717, 1.165) is 22.2 Å². The Kier molecular flexibility index (Phi) is 2.56. The van der Waals surface area contributed by atoms with Crippen LogP contribution < -0.4 is 0 Å². The number of carboxylic acids is 1. The number of fused-ring (bicyclic) bond motifs is 1. The number of carboxylic acid groups (broad SMARTS) is 1. The third-order valence-electron chi connectivity index (χ3n) is 1.97. The molecule has 0 aliphatic heterocycles. The Morgan fingerprint density at radius 1 is 1.43 bits per heavy atom. The van der Waals surface area contributed by atoms with Crippen LogP contribution in [0.1, 0.15) is 27.9 Å². The van der Waals surface area contributed by atoms with E-state index >= 15 is 0 Å². The zero-order chi connectivity index (χ0) is 10.1. The van der Waals surface area contributed by atoms with Gasteiger partial charge in [0.05, 0.1) is 4.01 Å². The number of rotatable bonds is 3. The summed E-state index contributed by atoms with van der Waals surface area (Å²) in [7, 11) is 0. The molecule has 0 unspecified atom stereocenters. The predicted octanol–water partition coefficient (Wildman–Crippen LogP) is 3.61. The van der Waals surface area contributed by atoms with Crippen LogP contribution in [0.15, 0.2) is 12.1 Å². The van der Waals surface area contributed by atoms with Crippen molar-refractivity contribution in [3.8, 4) is 0 Å². The van der Waals surface area contributed by atoms with Gasteiger partial charge in [-0.1, -0.05) is 13.3 Å². The van der Waals surface area contributed by atoms with Crippen molar-refractivity contribution in [1.29, 1.82) is 0 Å². The van der Waals surface area contributed by atoms with Crippen LogP contribution in [-0.4, -0.2) is 11.1 Å². The average molecular weight is 226 g/mol. The van der Waals surface area contributed by atoms with Crippen molar-refractivity contribution in [3.63, 3.8) is 0 Å². The fourth-order valence-corrected chi connectivity index (χ4v) is 3.80. The van der Waals surface area contributed by atoms with Crippen molar-refractivity contribution in [2.75, 3.05) is 0 Å². The number of carbonyl (C=O) groups is 1. The Labute approximate surface area is 89.8 Å². The van der Waals surface area contributed by atoms with Crippen LogP contribution in [0.2, 0.25) is 0 Å². The summed E-state index contributed by atoms with van der Waals surface area (Å²) in [6.07, 6.45) is 2.23. The third-order valence-corrected chi connectivity index (χ3v) is 4.41. The zero-order valence-corrected chi connectivity index (χ0v) is 9.37. The molecule has 0 aromatic carbocycles. The van der Waals surface area contributed by atoms with Gasteiger partial charge in [-0.2, -0.15) is 0 Å². The monoisotopic (exact) mass is 226 g/mol. The first-order valence-corrected chi connectivity index (χ1v) is 6.09. The lowest BCUT2D eigenvalue weighted by Crippen LogP contribution is -1.89. The highest BCUT2D eigenvalue weighted by molar-refractivity contribution is 7.39. The lowest BCUT2D eigenvalue weighted by molar-refractivity contribution is 0.0702. The molecule has 4 heteroatoms. The molecule has 0 aliphatic rings. The van der Waals surface area contributed by atoms with Crippen LogP contribution in [0, 0.1) is 0 Å². The summed E-state index contributed by atoms with van der Waals surface area (Å²) in [5, 5.41) is 9.88. The van der Waals surface area contributed by atoms with Gasteiger partial charge < -0.3 is 5.11 Å². The van der Waals surface area contributed by atoms with Gasteiger partial charge in [0.2, 0.25) is 0 Å². The van der Waals surface area contributed by atoms with Gasteiger partial charge in [-0.15, -0.1) is 22.7 Å². The van der Waals surface area contributed by atoms with Crippen LogP contribution in [0.3, 0.4) is 0 Å². The van der Waals surface area contributed by atoms with Gasteiger partial charge in [0.15, 0.2) is 0 Å². The van der Waals surface area contributed by atoms with Crippen molar-refractivity contribution in [1.82, 2.24) is 0 Å². The van der Waals surface area contributed by atoms with E-state index in [2.05, 4.69) is 13.0 Å². The molecule has 0 saturated carbocycles. The number of aromatic carboxylic acids is 1. The Morgan fingerprint density at radius 2 is 2.21 bits per heavy atom. The molecule has 14 heavy (non-hydrogen) atoms. The fraction of sp³-hybridized carbons (Fsp3) is 0.300. The van der Waals surface area contributed by atoms with Gasteiger partial charge >= 0.3 is 5.97 Å². The zero-order valence-electron chi connectivity index (χ0n) is 7.74. The first-order chi connectivity index (χ1) is 6.70. The predicted molar refractivity (Wildman–Crippen MR) is 60.7 cm³/mol. The van der Waals surface area contributed by atoms with E-state index in [9.17, 15) is 4.79 Å². The van der Waals surface area contributed by atoms with Crippen LogP contribution in [0.25, 0.3) is 9.40 Å². The number of hydrogen-bond acceptors (Lipinski definition) is 3. The minimum atomic E-state index is -0.824. The summed E-state index contributed by atoms with van der Waals surface area (Å²) in [6, 6.07) is 3.87. The van der Waals surface area contributed by atoms with Gasteiger partial charge in [0.1, 0.15) is 4.88 Å². The number of aryl methyl sites for hydroxylation is 1. The molecule has 2 heterocycles. The Morgan fingerprint density at radius 3 is 2.79 bits per heavy atom. The highest BCUT2D eigenvalue weighted by Gasteiger charge is 2.10. The maximum Gasteiger partial charge on any atom is 0.345 e. The molecule has 0 radical (unpaired) electrons. The normalized spacial score (nSPS) is 10.9. The molecule has 2 nitrogen and oxygen atoms in total. The van der Waals surface area contributed by atoms with Crippen LogP contribution >= 0.6 is 22.7 Å². The summed E-state index contributed by atoms with van der Waals surface area (Å²) in [5.74, 6) is -0.824. The van der Waals surface area contributed by atoms with E-state index in [4.69, 9.17) is 5.11 Å². The third kappa shape index (κ3) is 1.67. The van der Waals surface area contributed by atoms with Gasteiger partial charge in [0.25, 0.3) is 0 Å². The first kappa shape index (κ1) is 9.68. The molecule has 0 atom stereocenters. The standard InChI is InChI=1S/C10H10O2S2/c1-2-3-7-4-6-5-8(9(11)12)14-10(6)13-7/h4-5H,2-3H2,1H3,(H,11,12). The molecule has 0 spiro atoms. The minimum absolute atomic E-state index is 0.439. The van der Waals surface area contributed by atoms with Crippen molar-refractivity contribution >= 4 is 38.0 Å². The topological polar surface area (TPSA) is 37.3 Å². The van der Waals surface area contributed by atoms with Crippen LogP contribution in [-0.2, 0) is 6.42 Å². The number of hydrogen-bond donors (Lipinski definition) is 1. The lowest BCUT2D eigenvalue weighted by atomic mass is 10.2. The summed E-state index contributed by atoms with van der Waals surface area (Å²) in [4.78, 5) is 12.5. The van der Waals surface area contributed by atoms with E-state index in [1.807, 2.05) is 0 Å². The quantitative estimate of drug-likeness (QED) is 0.868. The van der Waals surface area contributed by atoms with Gasteiger partial charge in [-0.05, 0) is 18.6 Å². The van der Waals surface area contributed by atoms with E-state index in [1.54, 1.807) is 17.4 Å². The van der Waals surface area contributed by atoms with Crippen molar-refractivity contribution < 1.29 is 9.90 Å². The minimum Gasteiger partial charge on any atom is -0.477 e. The second-order valence-electron chi connectivity index (χ2n) is 3.12. The molecule has 2 rings (SSSR count). The van der Waals surface area contributed by atoms with E-state index in [-0.39, 0.29) is 0 Å². The summed E-state index contributed by atoms with van der Waals surface area (Å²) >= 11 is 3.09. The molecular weight excluding hydrogens is 216 g/mol. The van der Waals surface area contributed by atoms with Crippen molar-refractivity contribution in [2.45, 2.75) is 19.8 Å². The fourth-order valence-electron chi connectivity index (χ4n) is 1.37. The molecular formula is C10H10O2S2. The summed E-state index contributed by atoms with van der Waals surface area (Å²) < 4.78 is 1.13. The second-order valence-corrected chi connectivity index (χ2v) is 5.57. The van der Waals surface area contributed by atoms with E-state index in [1.165, 1.54) is 16.2 Å². The smallest absolute Gasteiger partial charge is 0.345 e. The molecule has 0 amide bonds. The van der Waals surface area contributed by atoms with Gasteiger partial charge in [0, 0.05) is 10.3 Å². The lowest BCUT2D eigenvalue weighted by Gasteiger charge is -1.88. The molecule has 2 aromatic rings. The Balaban J connectivity index is 2.40. The van der Waals surface area contributed by atoms with Crippen molar-refractivity contribution in [2.24, 2.45) is 0 Å². The van der Waals surface area contributed by atoms with E-state index in [0.29, 0.717) is 4.88 Å². The van der Waals surface area contributed by atoms with Crippen LogP contribution in [0.5, 0.6) is 0 Å². The maximum atomic E-state index is 10.7. The van der Waals surface area contributed by atoms with Gasteiger partial charge in [-0.3, -0.25) is 0 Å². The molecule has 0 saturated heterocycles. The molecule has 2 aromatic heterocycles. The van der Waals surface area contributed by atoms with Crippen molar-refractivity contribution in [3.05, 3.63) is 21.9 Å². The van der Waals surface area contributed by atoms with Crippen LogP contribution in [0.4, 0.5) is 0 Å².